The smallest absolute Gasteiger partial charge is 0.219 e. The van der Waals surface area contributed by atoms with Gasteiger partial charge < -0.3 is 9.72 Å². The molecular formula is C23H24N6O. The van der Waals surface area contributed by atoms with Gasteiger partial charge in [0.15, 0.2) is 0 Å². The van der Waals surface area contributed by atoms with Crippen LogP contribution in [0.25, 0.3) is 28.0 Å². The molecule has 1 aliphatic carbocycles. The maximum absolute atomic E-state index is 11.7. The fourth-order valence-corrected chi connectivity index (χ4v) is 4.28. The molecule has 0 bridgehead atoms. The standard InChI is InChI=1S/C23H24N6O/c1-2-23(30)26-19-8-9-20(13-19)29-21(14-25-27-29)17-5-3-16(4-6-17)18-7-10-22-24-11-12-28(22)15-18/h3-7,10-12,14-15,19-20H,2,8-9,13H2,1H3,(H,26,30)/t19-,20+/m0/s1. The van der Waals surface area contributed by atoms with Crippen LogP contribution in [0.2, 0.25) is 0 Å². The molecule has 1 N–H and O–H groups in total. The molecule has 1 amide bonds. The second kappa shape index (κ2) is 7.74. The molecular weight excluding hydrogens is 376 g/mol. The first-order chi connectivity index (χ1) is 14.7. The Morgan fingerprint density at radius 2 is 1.90 bits per heavy atom. The predicted octanol–water partition coefficient (Wildman–Crippen LogP) is 3.88. The van der Waals surface area contributed by atoms with Crippen LogP contribution in [0.5, 0.6) is 0 Å². The van der Waals surface area contributed by atoms with Crippen LogP contribution in [0.3, 0.4) is 0 Å². The number of rotatable bonds is 5. The van der Waals surface area contributed by atoms with E-state index in [1.54, 1.807) is 6.20 Å². The summed E-state index contributed by atoms with van der Waals surface area (Å²) in [6.45, 7) is 1.88. The fourth-order valence-electron chi connectivity index (χ4n) is 4.28. The summed E-state index contributed by atoms with van der Waals surface area (Å²) in [4.78, 5) is 16.0. The Bertz CT molecular complexity index is 1180. The highest BCUT2D eigenvalue weighted by atomic mass is 16.1. The monoisotopic (exact) mass is 400 g/mol. The first-order valence-corrected chi connectivity index (χ1v) is 10.4. The average Bonchev–Trinajstić information content (AvgIpc) is 3.53. The van der Waals surface area contributed by atoms with Crippen molar-refractivity contribution in [3.63, 3.8) is 0 Å². The third-order valence-electron chi connectivity index (χ3n) is 5.91. The second-order valence-electron chi connectivity index (χ2n) is 7.84. The van der Waals surface area contributed by atoms with Crippen LogP contribution < -0.4 is 5.32 Å². The minimum atomic E-state index is 0.115. The third-order valence-corrected chi connectivity index (χ3v) is 5.91. The number of imidazole rings is 1. The van der Waals surface area contributed by atoms with Gasteiger partial charge in [0, 0.05) is 36.6 Å². The number of aromatic nitrogens is 5. The summed E-state index contributed by atoms with van der Waals surface area (Å²) in [5.41, 5.74) is 5.34. The van der Waals surface area contributed by atoms with E-state index >= 15 is 0 Å². The quantitative estimate of drug-likeness (QED) is 0.552. The summed E-state index contributed by atoms with van der Waals surface area (Å²) in [7, 11) is 0. The first kappa shape index (κ1) is 18.5. The number of fused-ring (bicyclic) bond motifs is 1. The molecule has 1 aliphatic rings. The number of amides is 1. The van der Waals surface area contributed by atoms with E-state index in [-0.39, 0.29) is 18.0 Å². The minimum absolute atomic E-state index is 0.115. The summed E-state index contributed by atoms with van der Waals surface area (Å²) in [6, 6.07) is 13.1. The zero-order valence-electron chi connectivity index (χ0n) is 16.9. The molecule has 0 saturated heterocycles. The molecule has 4 aromatic rings. The number of hydrogen-bond donors (Lipinski definition) is 1. The number of benzene rings is 1. The molecule has 0 spiro atoms. The van der Waals surface area contributed by atoms with Crippen LogP contribution >= 0.6 is 0 Å². The van der Waals surface area contributed by atoms with Gasteiger partial charge in [0.2, 0.25) is 5.91 Å². The summed E-state index contributed by atoms with van der Waals surface area (Å²) in [5.74, 6) is 0.115. The Morgan fingerprint density at radius 3 is 2.73 bits per heavy atom. The van der Waals surface area contributed by atoms with E-state index in [2.05, 4.69) is 57.1 Å². The van der Waals surface area contributed by atoms with E-state index in [0.29, 0.717) is 6.42 Å². The van der Waals surface area contributed by atoms with Crippen molar-refractivity contribution in [3.8, 4) is 22.4 Å². The van der Waals surface area contributed by atoms with Crippen LogP contribution in [0.1, 0.15) is 38.6 Å². The molecule has 2 atom stereocenters. The molecule has 152 valence electrons. The van der Waals surface area contributed by atoms with Crippen LogP contribution in [0, 0.1) is 0 Å². The van der Waals surface area contributed by atoms with Crippen LogP contribution in [0.15, 0.2) is 61.2 Å². The van der Waals surface area contributed by atoms with Gasteiger partial charge in [-0.25, -0.2) is 9.67 Å². The molecule has 1 saturated carbocycles. The van der Waals surface area contributed by atoms with Gasteiger partial charge in [0.05, 0.1) is 17.9 Å². The van der Waals surface area contributed by atoms with Crippen molar-refractivity contribution in [2.24, 2.45) is 0 Å². The fraction of sp³-hybridized carbons (Fsp3) is 0.304. The number of nitrogens with zero attached hydrogens (tertiary/aromatic N) is 5. The van der Waals surface area contributed by atoms with E-state index in [0.717, 1.165) is 47.3 Å². The molecule has 1 fully saturated rings. The highest BCUT2D eigenvalue weighted by Gasteiger charge is 2.29. The number of pyridine rings is 1. The highest BCUT2D eigenvalue weighted by Crippen LogP contribution is 2.33. The van der Waals surface area contributed by atoms with E-state index < -0.39 is 0 Å². The van der Waals surface area contributed by atoms with Crippen molar-refractivity contribution in [1.29, 1.82) is 0 Å². The molecule has 1 aromatic carbocycles. The molecule has 30 heavy (non-hydrogen) atoms. The lowest BCUT2D eigenvalue weighted by Gasteiger charge is -2.15. The summed E-state index contributed by atoms with van der Waals surface area (Å²) >= 11 is 0. The number of nitrogens with one attached hydrogen (secondary N) is 1. The van der Waals surface area contributed by atoms with Gasteiger partial charge in [-0.1, -0.05) is 36.4 Å². The molecule has 5 rings (SSSR count). The summed E-state index contributed by atoms with van der Waals surface area (Å²) < 4.78 is 4.04. The Labute approximate surface area is 174 Å². The lowest BCUT2D eigenvalue weighted by molar-refractivity contribution is -0.121. The molecule has 3 aromatic heterocycles. The Hall–Kier alpha value is -3.48. The minimum Gasteiger partial charge on any atom is -0.353 e. The van der Waals surface area contributed by atoms with Crippen LogP contribution in [-0.2, 0) is 4.79 Å². The van der Waals surface area contributed by atoms with Crippen LogP contribution in [0.4, 0.5) is 0 Å². The van der Waals surface area contributed by atoms with Gasteiger partial charge >= 0.3 is 0 Å². The average molecular weight is 400 g/mol. The topological polar surface area (TPSA) is 77.1 Å². The Kier molecular flexibility index (Phi) is 4.78. The highest BCUT2D eigenvalue weighted by molar-refractivity contribution is 5.75. The van der Waals surface area contributed by atoms with Gasteiger partial charge in [0.1, 0.15) is 5.65 Å². The zero-order valence-corrected chi connectivity index (χ0v) is 16.9. The van der Waals surface area contributed by atoms with Gasteiger partial charge in [-0.2, -0.15) is 0 Å². The number of carbonyl (C=O) groups excluding carboxylic acids is 1. The molecule has 0 aliphatic heterocycles. The van der Waals surface area contributed by atoms with Crippen molar-refractivity contribution in [2.45, 2.75) is 44.7 Å². The van der Waals surface area contributed by atoms with Crippen molar-refractivity contribution >= 4 is 11.6 Å². The maximum Gasteiger partial charge on any atom is 0.219 e. The van der Waals surface area contributed by atoms with Crippen molar-refractivity contribution < 1.29 is 4.79 Å². The molecule has 7 nitrogen and oxygen atoms in total. The molecule has 0 radical (unpaired) electrons. The van der Waals surface area contributed by atoms with E-state index in [1.165, 1.54) is 0 Å². The van der Waals surface area contributed by atoms with Crippen LogP contribution in [-0.4, -0.2) is 36.3 Å². The van der Waals surface area contributed by atoms with Crippen molar-refractivity contribution in [1.82, 2.24) is 29.7 Å². The Balaban J connectivity index is 1.36. The van der Waals surface area contributed by atoms with E-state index in [1.807, 2.05) is 34.5 Å². The second-order valence-corrected chi connectivity index (χ2v) is 7.84. The van der Waals surface area contributed by atoms with E-state index in [4.69, 9.17) is 0 Å². The lowest BCUT2D eigenvalue weighted by Crippen LogP contribution is -2.32. The van der Waals surface area contributed by atoms with Gasteiger partial charge in [-0.15, -0.1) is 5.10 Å². The number of carbonyl (C=O) groups is 1. The Morgan fingerprint density at radius 1 is 1.10 bits per heavy atom. The molecule has 3 heterocycles. The summed E-state index contributed by atoms with van der Waals surface area (Å²) in [6.07, 6.45) is 11.1. The zero-order chi connectivity index (χ0) is 20.5. The SMILES string of the molecule is CCC(=O)N[C@H]1CC[C@@H](n2nncc2-c2ccc(-c3ccc4nccn4c3)cc2)C1. The van der Waals surface area contributed by atoms with E-state index in [9.17, 15) is 4.79 Å². The molecule has 7 heteroatoms. The van der Waals surface area contributed by atoms with Crippen molar-refractivity contribution in [3.05, 3.63) is 61.2 Å². The largest absolute Gasteiger partial charge is 0.353 e. The lowest BCUT2D eigenvalue weighted by atomic mass is 10.0. The third kappa shape index (κ3) is 3.47. The van der Waals surface area contributed by atoms with Gasteiger partial charge in [-0.3, -0.25) is 4.79 Å². The summed E-state index contributed by atoms with van der Waals surface area (Å²) in [5, 5.41) is 11.6. The first-order valence-electron chi connectivity index (χ1n) is 10.4. The van der Waals surface area contributed by atoms with Crippen molar-refractivity contribution in [2.75, 3.05) is 0 Å². The van der Waals surface area contributed by atoms with Gasteiger partial charge in [-0.05, 0) is 42.5 Å². The van der Waals surface area contributed by atoms with Gasteiger partial charge in [0.25, 0.3) is 0 Å². The normalized spacial score (nSPS) is 18.7. The number of hydrogen-bond acceptors (Lipinski definition) is 4. The predicted molar refractivity (Wildman–Crippen MR) is 115 cm³/mol. The maximum atomic E-state index is 11.7. The molecule has 0 unspecified atom stereocenters.